The summed E-state index contributed by atoms with van der Waals surface area (Å²) in [5, 5.41) is 9.70. The molecule has 0 bridgehead atoms. The number of aromatic nitrogens is 1. The zero-order valence-corrected chi connectivity index (χ0v) is 13.9. The van der Waals surface area contributed by atoms with Crippen molar-refractivity contribution in [2.45, 2.75) is 39.8 Å². The smallest absolute Gasteiger partial charge is 0.243 e. The van der Waals surface area contributed by atoms with Crippen molar-refractivity contribution >= 4 is 11.8 Å². The third-order valence-electron chi connectivity index (χ3n) is 3.44. The number of benzene rings is 1. The molecule has 1 amide bonds. The van der Waals surface area contributed by atoms with Crippen LogP contribution < -0.4 is 15.4 Å². The first-order valence-corrected chi connectivity index (χ1v) is 7.72. The summed E-state index contributed by atoms with van der Waals surface area (Å²) in [6.07, 6.45) is 0. The molecule has 23 heavy (non-hydrogen) atoms. The molecular weight excluding hydrogens is 294 g/mol. The lowest BCUT2D eigenvalue weighted by Gasteiger charge is -2.20. The Morgan fingerprint density at radius 1 is 1.35 bits per heavy atom. The van der Waals surface area contributed by atoms with E-state index in [1.165, 1.54) is 0 Å². The molecule has 2 aromatic rings. The number of nitrogens with zero attached hydrogens (tertiary/aromatic N) is 1. The largest absolute Gasteiger partial charge is 0.494 e. The van der Waals surface area contributed by atoms with E-state index in [0.29, 0.717) is 12.5 Å². The number of amides is 1. The monoisotopic (exact) mass is 317 g/mol. The molecular formula is C17H23N3O3. The summed E-state index contributed by atoms with van der Waals surface area (Å²) in [5.74, 6) is 1.01. The molecule has 0 saturated carbocycles. The molecule has 0 aliphatic heterocycles. The Kier molecular flexibility index (Phi) is 5.76. The minimum absolute atomic E-state index is 0.00705. The first-order valence-electron chi connectivity index (χ1n) is 7.72. The van der Waals surface area contributed by atoms with Crippen molar-refractivity contribution in [1.82, 2.24) is 10.5 Å². The zero-order chi connectivity index (χ0) is 16.8. The fourth-order valence-electron chi connectivity index (χ4n) is 2.24. The molecule has 2 atom stereocenters. The molecule has 0 fully saturated rings. The van der Waals surface area contributed by atoms with Crippen LogP contribution in [-0.2, 0) is 4.79 Å². The predicted octanol–water partition coefficient (Wildman–Crippen LogP) is 3.06. The second-order valence-electron chi connectivity index (χ2n) is 5.44. The van der Waals surface area contributed by atoms with Crippen molar-refractivity contribution < 1.29 is 14.1 Å². The third kappa shape index (κ3) is 4.82. The van der Waals surface area contributed by atoms with E-state index in [9.17, 15) is 4.79 Å². The van der Waals surface area contributed by atoms with Gasteiger partial charge in [-0.1, -0.05) is 17.3 Å². The van der Waals surface area contributed by atoms with Crippen LogP contribution >= 0.6 is 0 Å². The van der Waals surface area contributed by atoms with Crippen LogP contribution in [0.3, 0.4) is 0 Å². The van der Waals surface area contributed by atoms with Crippen molar-refractivity contribution in [2.24, 2.45) is 0 Å². The predicted molar refractivity (Wildman–Crippen MR) is 88.5 cm³/mol. The van der Waals surface area contributed by atoms with Gasteiger partial charge in [-0.3, -0.25) is 15.4 Å². The van der Waals surface area contributed by atoms with Crippen molar-refractivity contribution in [1.29, 1.82) is 0 Å². The van der Waals surface area contributed by atoms with Gasteiger partial charge in [0.05, 0.1) is 18.3 Å². The molecule has 1 aromatic carbocycles. The highest BCUT2D eigenvalue weighted by molar-refractivity contribution is 5.93. The van der Waals surface area contributed by atoms with E-state index < -0.39 is 0 Å². The fourth-order valence-corrected chi connectivity index (χ4v) is 2.24. The minimum atomic E-state index is -0.383. The van der Waals surface area contributed by atoms with Gasteiger partial charge in [-0.05, 0) is 45.4 Å². The number of anilines is 1. The number of carbonyl (C=O) groups excluding carboxylic acids is 1. The average molecular weight is 317 g/mol. The molecule has 0 aliphatic rings. The lowest BCUT2D eigenvalue weighted by atomic mass is 10.1. The molecule has 0 saturated heterocycles. The maximum Gasteiger partial charge on any atom is 0.243 e. The van der Waals surface area contributed by atoms with Gasteiger partial charge in [0.2, 0.25) is 11.8 Å². The van der Waals surface area contributed by atoms with Crippen LogP contribution in [0.5, 0.6) is 5.75 Å². The second-order valence-corrected chi connectivity index (χ2v) is 5.44. The van der Waals surface area contributed by atoms with Gasteiger partial charge in [0, 0.05) is 12.1 Å². The molecule has 6 heteroatoms. The molecule has 0 spiro atoms. The van der Waals surface area contributed by atoms with E-state index in [4.69, 9.17) is 9.26 Å². The maximum atomic E-state index is 12.2. The van der Waals surface area contributed by atoms with E-state index in [-0.39, 0.29) is 18.0 Å². The summed E-state index contributed by atoms with van der Waals surface area (Å²) in [6, 6.07) is 9.15. The van der Waals surface area contributed by atoms with Crippen LogP contribution in [0, 0.1) is 6.92 Å². The summed E-state index contributed by atoms with van der Waals surface area (Å²) in [7, 11) is 0. The van der Waals surface area contributed by atoms with Gasteiger partial charge in [-0.15, -0.1) is 0 Å². The lowest BCUT2D eigenvalue weighted by molar-refractivity contribution is -0.118. The Morgan fingerprint density at radius 3 is 2.78 bits per heavy atom. The van der Waals surface area contributed by atoms with E-state index in [0.717, 1.165) is 17.0 Å². The van der Waals surface area contributed by atoms with Gasteiger partial charge >= 0.3 is 0 Å². The molecule has 2 rings (SSSR count). The van der Waals surface area contributed by atoms with E-state index in [2.05, 4.69) is 15.8 Å². The Hall–Kier alpha value is -2.34. The number of rotatable bonds is 7. The summed E-state index contributed by atoms with van der Waals surface area (Å²) < 4.78 is 10.5. The normalized spacial score (nSPS) is 13.4. The molecule has 2 unspecified atom stereocenters. The zero-order valence-electron chi connectivity index (χ0n) is 13.9. The summed E-state index contributed by atoms with van der Waals surface area (Å²) in [6.45, 7) is 8.19. The van der Waals surface area contributed by atoms with E-state index >= 15 is 0 Å². The number of hydrogen-bond acceptors (Lipinski definition) is 5. The molecule has 0 radical (unpaired) electrons. The van der Waals surface area contributed by atoms with Gasteiger partial charge in [0.15, 0.2) is 0 Å². The molecule has 6 nitrogen and oxygen atoms in total. The molecule has 1 aromatic heterocycles. The number of aryl methyl sites for hydroxylation is 1. The standard InChI is InChI=1S/C17H23N3O3/c1-5-22-15-8-6-7-14(10-15)12(3)18-13(4)17(21)19-16-9-11(2)20-23-16/h6-10,12-13,18H,5H2,1-4H3,(H,19,21). The summed E-state index contributed by atoms with van der Waals surface area (Å²) in [5.41, 5.74) is 1.79. The highest BCUT2D eigenvalue weighted by atomic mass is 16.5. The summed E-state index contributed by atoms with van der Waals surface area (Å²) in [4.78, 5) is 12.2. The van der Waals surface area contributed by atoms with Gasteiger partial charge in [-0.25, -0.2) is 0 Å². The quantitative estimate of drug-likeness (QED) is 0.821. The van der Waals surface area contributed by atoms with Crippen LogP contribution in [0.4, 0.5) is 5.88 Å². The van der Waals surface area contributed by atoms with Gasteiger partial charge < -0.3 is 9.26 Å². The maximum absolute atomic E-state index is 12.2. The highest BCUT2D eigenvalue weighted by Crippen LogP contribution is 2.19. The van der Waals surface area contributed by atoms with Crippen molar-refractivity contribution in [2.75, 3.05) is 11.9 Å². The number of carbonyl (C=O) groups is 1. The van der Waals surface area contributed by atoms with Crippen molar-refractivity contribution in [3.8, 4) is 5.75 Å². The minimum Gasteiger partial charge on any atom is -0.494 e. The second kappa shape index (κ2) is 7.78. The summed E-state index contributed by atoms with van der Waals surface area (Å²) >= 11 is 0. The average Bonchev–Trinajstić information content (AvgIpc) is 2.92. The first kappa shape index (κ1) is 17.0. The third-order valence-corrected chi connectivity index (χ3v) is 3.44. The van der Waals surface area contributed by atoms with E-state index in [1.807, 2.05) is 38.1 Å². The van der Waals surface area contributed by atoms with Crippen LogP contribution in [-0.4, -0.2) is 23.7 Å². The Bertz CT molecular complexity index is 654. The van der Waals surface area contributed by atoms with Gasteiger partial charge in [0.25, 0.3) is 0 Å². The van der Waals surface area contributed by atoms with Crippen LogP contribution in [0.15, 0.2) is 34.9 Å². The molecule has 124 valence electrons. The van der Waals surface area contributed by atoms with E-state index in [1.54, 1.807) is 19.9 Å². The Balaban J connectivity index is 1.94. The molecule has 1 heterocycles. The molecule has 0 aliphatic carbocycles. The number of nitrogens with one attached hydrogen (secondary N) is 2. The number of hydrogen-bond donors (Lipinski definition) is 2. The Labute approximate surface area is 136 Å². The Morgan fingerprint density at radius 2 is 2.13 bits per heavy atom. The van der Waals surface area contributed by atoms with Crippen LogP contribution in [0.25, 0.3) is 0 Å². The number of ether oxygens (including phenoxy) is 1. The van der Waals surface area contributed by atoms with Crippen LogP contribution in [0.2, 0.25) is 0 Å². The SMILES string of the molecule is CCOc1cccc(C(C)NC(C)C(=O)Nc2cc(C)no2)c1. The fraction of sp³-hybridized carbons (Fsp3) is 0.412. The van der Waals surface area contributed by atoms with Gasteiger partial charge in [-0.2, -0.15) is 0 Å². The van der Waals surface area contributed by atoms with Crippen LogP contribution in [0.1, 0.15) is 38.1 Å². The van der Waals surface area contributed by atoms with Gasteiger partial charge in [0.1, 0.15) is 5.75 Å². The topological polar surface area (TPSA) is 76.4 Å². The van der Waals surface area contributed by atoms with Crippen molar-refractivity contribution in [3.63, 3.8) is 0 Å². The first-order chi connectivity index (χ1) is 11.0. The lowest BCUT2D eigenvalue weighted by Crippen LogP contribution is -2.39. The molecule has 2 N–H and O–H groups in total. The highest BCUT2D eigenvalue weighted by Gasteiger charge is 2.18. The van der Waals surface area contributed by atoms with Crippen molar-refractivity contribution in [3.05, 3.63) is 41.6 Å².